The normalized spacial score (nSPS) is 10.7. The minimum Gasteiger partial charge on any atom is 4.00 e. The van der Waals surface area contributed by atoms with Crippen molar-refractivity contribution in [1.29, 1.82) is 0 Å². The van der Waals surface area contributed by atoms with Crippen molar-refractivity contribution < 1.29 is 29.3 Å². The summed E-state index contributed by atoms with van der Waals surface area (Å²) in [6.07, 6.45) is 0. The molecule has 0 heterocycles. The molecule has 3 nitrogen and oxygen atoms in total. The van der Waals surface area contributed by atoms with Gasteiger partial charge < -0.3 is 16.0 Å². The Morgan fingerprint density at radius 3 is 0.828 bits per heavy atom. The van der Waals surface area contributed by atoms with Gasteiger partial charge in [0.25, 0.3) is 0 Å². The fourth-order valence-electron chi connectivity index (χ4n) is 2.29. The van der Waals surface area contributed by atoms with Crippen molar-refractivity contribution in [1.82, 2.24) is 0 Å². The molecule has 0 bridgehead atoms. The van der Waals surface area contributed by atoms with Gasteiger partial charge in [0.1, 0.15) is 0 Å². The zero-order valence-electron chi connectivity index (χ0n) is 21.2. The first kappa shape index (κ1) is 36.9. The van der Waals surface area contributed by atoms with E-state index in [9.17, 15) is 3.50 Å². The summed E-state index contributed by atoms with van der Waals surface area (Å²) in [5, 5.41) is 12.8. The second-order valence-corrected chi connectivity index (χ2v) is 10.7. The van der Waals surface area contributed by atoms with Gasteiger partial charge in [0.2, 0.25) is 0 Å². The van der Waals surface area contributed by atoms with E-state index in [1.165, 1.54) is 0 Å². The van der Waals surface area contributed by atoms with Crippen LogP contribution in [0.3, 0.4) is 0 Å². The van der Waals surface area contributed by atoms with Gasteiger partial charge in [0, 0.05) is 0 Å². The van der Waals surface area contributed by atoms with Crippen LogP contribution < -0.4 is 4.40 Å². The van der Waals surface area contributed by atoms with E-state index < -0.39 is 15.9 Å². The van der Waals surface area contributed by atoms with Crippen LogP contribution in [-0.2, 0) is 25.8 Å². The second kappa shape index (κ2) is 24.8. The smallest absolute Gasteiger partial charge is 4.00 e. The Balaban J connectivity index is -0.000000142. The second-order valence-electron chi connectivity index (χ2n) is 8.44. The Morgan fingerprint density at radius 1 is 0.552 bits per heavy atom. The SMILES string of the molecule is CC(C)[N-]C(C)C.CC(C)[N-]C(C)C.CC(C)[N-]C(C)C.[F][GeH2][c-]1cccc1.[Hf+4]. The number of halogens is 1. The summed E-state index contributed by atoms with van der Waals surface area (Å²) < 4.78 is 12.7. The Morgan fingerprint density at radius 2 is 0.759 bits per heavy atom. The molecule has 0 saturated heterocycles. The zero-order valence-corrected chi connectivity index (χ0v) is 27.8. The molecule has 29 heavy (non-hydrogen) atoms. The number of hydrogen-bond donors (Lipinski definition) is 0. The molecule has 0 saturated carbocycles. The molecular weight excluding hydrogens is 588 g/mol. The van der Waals surface area contributed by atoms with Gasteiger partial charge in [-0.15, -0.1) is 36.3 Å². The van der Waals surface area contributed by atoms with Crippen LogP contribution in [-0.4, -0.2) is 52.1 Å². The molecule has 0 spiro atoms. The van der Waals surface area contributed by atoms with Crippen molar-refractivity contribution in [3.05, 3.63) is 40.2 Å². The van der Waals surface area contributed by atoms with E-state index in [2.05, 4.69) is 99.0 Å². The van der Waals surface area contributed by atoms with Crippen LogP contribution in [0.2, 0.25) is 0 Å². The van der Waals surface area contributed by atoms with Crippen LogP contribution >= 0.6 is 0 Å². The first-order valence-corrected chi connectivity index (χ1v) is 13.3. The molecule has 0 radical (unpaired) electrons. The third-order valence-electron chi connectivity index (χ3n) is 2.67. The maximum atomic E-state index is 11.7. The van der Waals surface area contributed by atoms with Crippen molar-refractivity contribution >= 4 is 20.3 Å². The molecule has 1 aromatic rings. The molecule has 0 aliphatic heterocycles. The van der Waals surface area contributed by atoms with Gasteiger partial charge >= 0.3 is 73.9 Å². The minimum absolute atomic E-state index is 0. The summed E-state index contributed by atoms with van der Waals surface area (Å²) in [5.74, 6) is 0. The summed E-state index contributed by atoms with van der Waals surface area (Å²) in [6, 6.07) is 10.4. The zero-order chi connectivity index (χ0) is 22.7. The van der Waals surface area contributed by atoms with Crippen molar-refractivity contribution in [2.75, 3.05) is 0 Å². The minimum atomic E-state index is -1.73. The van der Waals surface area contributed by atoms with Gasteiger partial charge in [-0.3, -0.25) is 0 Å². The third-order valence-corrected chi connectivity index (χ3v) is 4.31. The Labute approximate surface area is 208 Å². The summed E-state index contributed by atoms with van der Waals surface area (Å²) in [4.78, 5) is 0. The average Bonchev–Trinajstić information content (AvgIpc) is 2.97. The number of nitrogens with zero attached hydrogens (tertiary/aromatic N) is 3. The van der Waals surface area contributed by atoms with Crippen LogP contribution in [0.5, 0.6) is 0 Å². The van der Waals surface area contributed by atoms with Crippen LogP contribution in [0.25, 0.3) is 16.0 Å². The molecule has 0 N–H and O–H groups in total. The standard InChI is InChI=1S/3C6H14N.C5H6FGe.Hf/c3*1-5(2)7-6(3)4;6-7-5-3-1-2-4-5;/h3*5-6H,1-4H3;1-4H,7H2;/q4*-1;+4. The van der Waals surface area contributed by atoms with Gasteiger partial charge in [0.15, 0.2) is 0 Å². The predicted octanol–water partition coefficient (Wildman–Crippen LogP) is 6.61. The molecule has 6 heteroatoms. The van der Waals surface area contributed by atoms with Gasteiger partial charge in [-0.2, -0.15) is 0 Å². The molecule has 0 aromatic heterocycles. The van der Waals surface area contributed by atoms with Crippen LogP contribution in [0, 0.1) is 0 Å². The van der Waals surface area contributed by atoms with E-state index in [-0.39, 0.29) is 25.8 Å². The van der Waals surface area contributed by atoms with E-state index in [4.69, 9.17) is 0 Å². The van der Waals surface area contributed by atoms with Crippen molar-refractivity contribution in [2.24, 2.45) is 0 Å². The average molecular weight is 637 g/mol. The first-order valence-electron chi connectivity index (χ1n) is 10.7. The molecule has 0 atom stereocenters. The quantitative estimate of drug-likeness (QED) is 0.239. The molecule has 0 fully saturated rings. The molecule has 1 aromatic carbocycles. The van der Waals surface area contributed by atoms with Gasteiger partial charge in [0.05, 0.1) is 0 Å². The largest absolute Gasteiger partial charge is 4.00 e. The van der Waals surface area contributed by atoms with Gasteiger partial charge in [-0.25, -0.2) is 0 Å². The molecule has 0 amide bonds. The third kappa shape index (κ3) is 43.4. The summed E-state index contributed by atoms with van der Waals surface area (Å²) >= 11 is -1.73. The predicted molar refractivity (Wildman–Crippen MR) is 132 cm³/mol. The monoisotopic (exact) mass is 639 g/mol. The van der Waals surface area contributed by atoms with Crippen molar-refractivity contribution in [3.8, 4) is 0 Å². The summed E-state index contributed by atoms with van der Waals surface area (Å²) in [6.45, 7) is 25.2. The fraction of sp³-hybridized carbons (Fsp3) is 0.783. The molecule has 0 unspecified atom stereocenters. The number of rotatable bonds is 7. The Hall–Kier alpha value is 0.573. The summed E-state index contributed by atoms with van der Waals surface area (Å²) in [5.41, 5.74) is 0. The van der Waals surface area contributed by atoms with Crippen LogP contribution in [0.1, 0.15) is 83.1 Å². The van der Waals surface area contributed by atoms with E-state index in [0.29, 0.717) is 36.3 Å². The maximum absolute atomic E-state index is 11.7. The number of hydrogen-bond acceptors (Lipinski definition) is 0. The Bertz CT molecular complexity index is 344. The maximum Gasteiger partial charge on any atom is 4.00 e. The van der Waals surface area contributed by atoms with Gasteiger partial charge in [-0.1, -0.05) is 83.1 Å². The van der Waals surface area contributed by atoms with Crippen molar-refractivity contribution in [2.45, 2.75) is 119 Å². The topological polar surface area (TPSA) is 42.3 Å². The van der Waals surface area contributed by atoms with E-state index in [1.54, 1.807) is 0 Å². The van der Waals surface area contributed by atoms with E-state index in [1.807, 2.05) is 24.3 Å². The summed E-state index contributed by atoms with van der Waals surface area (Å²) in [7, 11) is 0. The fourth-order valence-corrected chi connectivity index (χ4v) is 3.24. The van der Waals surface area contributed by atoms with E-state index in [0.717, 1.165) is 4.40 Å². The van der Waals surface area contributed by atoms with Gasteiger partial charge in [-0.05, 0) is 0 Å². The first-order chi connectivity index (χ1) is 12.8. The molecule has 0 aliphatic carbocycles. The van der Waals surface area contributed by atoms with Crippen LogP contribution in [0.15, 0.2) is 24.3 Å². The van der Waals surface area contributed by atoms with Crippen molar-refractivity contribution in [3.63, 3.8) is 0 Å². The molecular formula is C23H48FGeHfN3. The Kier molecular flexibility index (Phi) is 31.6. The van der Waals surface area contributed by atoms with E-state index >= 15 is 0 Å². The van der Waals surface area contributed by atoms with Crippen LogP contribution in [0.4, 0.5) is 3.50 Å². The molecule has 0 aliphatic rings. The molecule has 1 rings (SSSR count). The molecule has 170 valence electrons.